The van der Waals surface area contributed by atoms with Crippen LogP contribution in [0.3, 0.4) is 0 Å². The summed E-state index contributed by atoms with van der Waals surface area (Å²) < 4.78 is 29.4. The Morgan fingerprint density at radius 1 is 0.962 bits per heavy atom. The summed E-state index contributed by atoms with van der Waals surface area (Å²) in [6, 6.07) is 8.69. The Hall–Kier alpha value is -1.77. The second-order valence-electron chi connectivity index (χ2n) is 7.17. The van der Waals surface area contributed by atoms with E-state index in [0.29, 0.717) is 18.0 Å². The van der Waals surface area contributed by atoms with Gasteiger partial charge in [-0.2, -0.15) is 4.31 Å². The number of piperidine rings is 1. The third kappa shape index (κ3) is 3.28. The maximum absolute atomic E-state index is 12.8. The molecular formula is C18H25N5O2S. The minimum Gasteiger partial charge on any atom is -0.313 e. The summed E-state index contributed by atoms with van der Waals surface area (Å²) in [5.41, 5.74) is 0. The molecule has 3 heterocycles. The van der Waals surface area contributed by atoms with Crippen molar-refractivity contribution in [1.29, 1.82) is 0 Å². The quantitative estimate of drug-likeness (QED) is 0.809. The van der Waals surface area contributed by atoms with Crippen LogP contribution in [0.15, 0.2) is 35.2 Å². The largest absolute Gasteiger partial charge is 0.313 e. The lowest BCUT2D eigenvalue weighted by atomic mass is 9.97. The zero-order valence-corrected chi connectivity index (χ0v) is 15.9. The molecule has 0 bridgehead atoms. The minimum absolute atomic E-state index is 0.280. The van der Waals surface area contributed by atoms with Crippen molar-refractivity contribution in [3.63, 3.8) is 0 Å². The highest BCUT2D eigenvalue weighted by atomic mass is 32.2. The maximum Gasteiger partial charge on any atom is 0.243 e. The minimum atomic E-state index is -3.40. The average molecular weight is 375 g/mol. The van der Waals surface area contributed by atoms with Crippen LogP contribution >= 0.6 is 0 Å². The van der Waals surface area contributed by atoms with Crippen molar-refractivity contribution in [2.75, 3.05) is 33.2 Å². The van der Waals surface area contributed by atoms with E-state index in [1.807, 2.05) is 6.07 Å². The van der Waals surface area contributed by atoms with Gasteiger partial charge in [0, 0.05) is 45.1 Å². The van der Waals surface area contributed by atoms with E-state index in [1.165, 1.54) is 0 Å². The monoisotopic (exact) mass is 375 g/mol. The molecule has 0 radical (unpaired) electrons. The lowest BCUT2D eigenvalue weighted by Gasteiger charge is -2.31. The normalized spacial score (nSPS) is 20.7. The number of nitrogens with zero attached hydrogens (tertiary/aromatic N) is 5. The summed E-state index contributed by atoms with van der Waals surface area (Å²) >= 11 is 0. The highest BCUT2D eigenvalue weighted by Crippen LogP contribution is 2.30. The summed E-state index contributed by atoms with van der Waals surface area (Å²) in [7, 11) is -1.27. The second-order valence-corrected chi connectivity index (χ2v) is 9.11. The highest BCUT2D eigenvalue weighted by Gasteiger charge is 2.32. The van der Waals surface area contributed by atoms with Gasteiger partial charge in [0.05, 0.1) is 4.90 Å². The zero-order chi connectivity index (χ0) is 18.1. The lowest BCUT2D eigenvalue weighted by Crippen LogP contribution is -2.38. The Kier molecular flexibility index (Phi) is 4.81. The smallest absolute Gasteiger partial charge is 0.243 e. The molecular weight excluding hydrogens is 350 g/mol. The van der Waals surface area contributed by atoms with Crippen molar-refractivity contribution < 1.29 is 8.42 Å². The fourth-order valence-electron chi connectivity index (χ4n) is 3.85. The molecule has 26 heavy (non-hydrogen) atoms. The van der Waals surface area contributed by atoms with E-state index in [1.54, 1.807) is 28.6 Å². The number of likely N-dealkylation sites (N-methyl/N-ethyl adjacent to an activating group) is 1. The summed E-state index contributed by atoms with van der Waals surface area (Å²) in [6.07, 6.45) is 2.50. The van der Waals surface area contributed by atoms with Crippen molar-refractivity contribution in [2.45, 2.75) is 36.6 Å². The first-order valence-corrected chi connectivity index (χ1v) is 10.7. The van der Waals surface area contributed by atoms with E-state index < -0.39 is 10.0 Å². The van der Waals surface area contributed by atoms with Crippen molar-refractivity contribution in [1.82, 2.24) is 24.0 Å². The average Bonchev–Trinajstić information content (AvgIpc) is 2.99. The molecule has 2 aliphatic heterocycles. The molecule has 0 saturated carbocycles. The molecule has 4 rings (SSSR count). The summed E-state index contributed by atoms with van der Waals surface area (Å²) in [5.74, 6) is 2.37. The van der Waals surface area contributed by atoms with Gasteiger partial charge < -0.3 is 9.47 Å². The molecule has 0 N–H and O–H groups in total. The second kappa shape index (κ2) is 7.09. The van der Waals surface area contributed by atoms with Crippen LogP contribution in [0.5, 0.6) is 0 Å². The molecule has 140 valence electrons. The Bertz CT molecular complexity index is 857. The van der Waals surface area contributed by atoms with Crippen LogP contribution in [-0.2, 0) is 23.0 Å². The molecule has 2 aromatic rings. The molecule has 0 aliphatic carbocycles. The fourth-order valence-corrected chi connectivity index (χ4v) is 5.34. The van der Waals surface area contributed by atoms with Gasteiger partial charge in [-0.1, -0.05) is 18.2 Å². The number of hydrogen-bond donors (Lipinski definition) is 0. The first-order valence-electron chi connectivity index (χ1n) is 9.21. The lowest BCUT2D eigenvalue weighted by molar-refractivity contribution is 0.304. The predicted octanol–water partition coefficient (Wildman–Crippen LogP) is 1.33. The molecule has 2 aliphatic rings. The van der Waals surface area contributed by atoms with Crippen LogP contribution in [0.25, 0.3) is 0 Å². The van der Waals surface area contributed by atoms with Gasteiger partial charge in [0.2, 0.25) is 10.0 Å². The first kappa shape index (κ1) is 17.6. The molecule has 0 spiro atoms. The van der Waals surface area contributed by atoms with E-state index >= 15 is 0 Å². The van der Waals surface area contributed by atoms with Crippen LogP contribution in [0.4, 0.5) is 0 Å². The number of hydrogen-bond acceptors (Lipinski definition) is 5. The van der Waals surface area contributed by atoms with Gasteiger partial charge in [-0.25, -0.2) is 8.42 Å². The van der Waals surface area contributed by atoms with E-state index in [4.69, 9.17) is 0 Å². The number of sulfonamides is 1. The summed E-state index contributed by atoms with van der Waals surface area (Å²) in [4.78, 5) is 2.69. The summed E-state index contributed by atoms with van der Waals surface area (Å²) in [6.45, 7) is 3.98. The molecule has 0 amide bonds. The Balaban J connectivity index is 1.47. The highest BCUT2D eigenvalue weighted by molar-refractivity contribution is 7.89. The zero-order valence-electron chi connectivity index (χ0n) is 15.1. The molecule has 8 heteroatoms. The fraction of sp³-hybridized carbons (Fsp3) is 0.556. The number of benzene rings is 1. The van der Waals surface area contributed by atoms with Gasteiger partial charge in [-0.15, -0.1) is 10.2 Å². The third-order valence-corrected chi connectivity index (χ3v) is 7.39. The van der Waals surface area contributed by atoms with Crippen molar-refractivity contribution >= 4 is 10.0 Å². The Morgan fingerprint density at radius 3 is 2.42 bits per heavy atom. The van der Waals surface area contributed by atoms with Crippen molar-refractivity contribution in [2.24, 2.45) is 0 Å². The van der Waals surface area contributed by atoms with Crippen LogP contribution in [0, 0.1) is 0 Å². The number of aromatic nitrogens is 3. The maximum atomic E-state index is 12.8. The van der Waals surface area contributed by atoms with E-state index in [9.17, 15) is 8.42 Å². The van der Waals surface area contributed by atoms with Gasteiger partial charge >= 0.3 is 0 Å². The van der Waals surface area contributed by atoms with E-state index in [2.05, 4.69) is 26.7 Å². The van der Waals surface area contributed by atoms with E-state index in [-0.39, 0.29) is 5.92 Å². The molecule has 1 saturated heterocycles. The number of fused-ring (bicyclic) bond motifs is 1. The van der Waals surface area contributed by atoms with Crippen LogP contribution in [-0.4, -0.2) is 65.6 Å². The third-order valence-electron chi connectivity index (χ3n) is 5.48. The molecule has 1 aromatic carbocycles. The summed E-state index contributed by atoms with van der Waals surface area (Å²) in [5, 5.41) is 8.86. The topological polar surface area (TPSA) is 71.3 Å². The van der Waals surface area contributed by atoms with Crippen molar-refractivity contribution in [3.05, 3.63) is 42.0 Å². The standard InChI is InChI=1S/C18H25N5O2S/c1-21-10-9-17-19-20-18(23(17)14-13-21)15-7-11-22(12-8-15)26(24,25)16-5-3-2-4-6-16/h2-6,15H,7-14H2,1H3. The van der Waals surface area contributed by atoms with Gasteiger partial charge in [0.1, 0.15) is 11.6 Å². The van der Waals surface area contributed by atoms with Crippen LogP contribution < -0.4 is 0 Å². The van der Waals surface area contributed by atoms with Gasteiger partial charge in [-0.05, 0) is 32.0 Å². The predicted molar refractivity (Wildman–Crippen MR) is 98.4 cm³/mol. The van der Waals surface area contributed by atoms with Gasteiger partial charge in [-0.3, -0.25) is 0 Å². The SMILES string of the molecule is CN1CCc2nnc(C3CCN(S(=O)(=O)c4ccccc4)CC3)n2CC1. The number of rotatable bonds is 3. The van der Waals surface area contributed by atoms with E-state index in [0.717, 1.165) is 50.5 Å². The van der Waals surface area contributed by atoms with Gasteiger partial charge in [0.15, 0.2) is 0 Å². The van der Waals surface area contributed by atoms with Crippen molar-refractivity contribution in [3.8, 4) is 0 Å². The Labute approximate surface area is 154 Å². The molecule has 1 fully saturated rings. The van der Waals surface area contributed by atoms with Gasteiger partial charge in [0.25, 0.3) is 0 Å². The molecule has 1 aromatic heterocycles. The van der Waals surface area contributed by atoms with Crippen LogP contribution in [0.2, 0.25) is 0 Å². The first-order chi connectivity index (χ1) is 12.6. The molecule has 0 unspecified atom stereocenters. The van der Waals surface area contributed by atoms with Crippen LogP contribution in [0.1, 0.15) is 30.4 Å². The molecule has 7 nitrogen and oxygen atoms in total. The Morgan fingerprint density at radius 2 is 1.69 bits per heavy atom. The molecule has 0 atom stereocenters.